The van der Waals surface area contributed by atoms with Crippen LogP contribution in [0.5, 0.6) is 0 Å². The Kier molecular flexibility index (Phi) is 3.88. The van der Waals surface area contributed by atoms with Crippen LogP contribution in [-0.2, 0) is 0 Å². The Labute approximate surface area is 169 Å². The molecule has 0 N–H and O–H groups in total. The summed E-state index contributed by atoms with van der Waals surface area (Å²) in [6, 6.07) is 15.8. The van der Waals surface area contributed by atoms with Crippen molar-refractivity contribution in [1.29, 1.82) is 0 Å². The first-order valence-corrected chi connectivity index (χ1v) is 9.10. The summed E-state index contributed by atoms with van der Waals surface area (Å²) in [6.45, 7) is 1.66. The molecule has 0 aliphatic carbocycles. The van der Waals surface area contributed by atoms with Gasteiger partial charge in [-0.25, -0.2) is 4.98 Å². The monoisotopic (exact) mass is 398 g/mol. The van der Waals surface area contributed by atoms with E-state index in [2.05, 4.69) is 15.1 Å². The predicted octanol–water partition coefficient (Wildman–Crippen LogP) is 3.31. The maximum Gasteiger partial charge on any atom is 0.274 e. The zero-order chi connectivity index (χ0) is 20.8. The summed E-state index contributed by atoms with van der Waals surface area (Å²) >= 11 is 0. The molecule has 0 fully saturated rings. The van der Waals surface area contributed by atoms with Gasteiger partial charge in [0.05, 0.1) is 27.2 Å². The second kappa shape index (κ2) is 6.59. The number of nitro benzene ring substituents is 1. The van der Waals surface area contributed by atoms with Crippen LogP contribution in [0.4, 0.5) is 5.69 Å². The van der Waals surface area contributed by atoms with Crippen LogP contribution in [0.1, 0.15) is 5.56 Å². The highest BCUT2D eigenvalue weighted by Gasteiger charge is 2.18. The molecule has 0 saturated carbocycles. The molecule has 9 heteroatoms. The SMILES string of the molecule is Cc1ccc(-n2ccc3nc4ncnn4c(-c4ccccc4)c3c2=O)cc1[N+](=O)[O-]. The number of benzene rings is 2. The van der Waals surface area contributed by atoms with Crippen LogP contribution in [0.2, 0.25) is 0 Å². The molecule has 0 saturated heterocycles. The Hall–Kier alpha value is -4.40. The third-order valence-corrected chi connectivity index (χ3v) is 4.98. The number of rotatable bonds is 3. The van der Waals surface area contributed by atoms with Gasteiger partial charge in [0.25, 0.3) is 17.0 Å². The lowest BCUT2D eigenvalue weighted by atomic mass is 10.1. The van der Waals surface area contributed by atoms with Gasteiger partial charge in [-0.2, -0.15) is 14.6 Å². The molecular formula is C21H14N6O3. The van der Waals surface area contributed by atoms with Crippen LogP contribution in [-0.4, -0.2) is 29.1 Å². The highest BCUT2D eigenvalue weighted by molar-refractivity contribution is 5.93. The van der Waals surface area contributed by atoms with Crippen LogP contribution in [0.15, 0.2) is 71.9 Å². The van der Waals surface area contributed by atoms with Gasteiger partial charge >= 0.3 is 0 Å². The molecule has 0 spiro atoms. The minimum absolute atomic E-state index is 0.0485. The van der Waals surface area contributed by atoms with Gasteiger partial charge < -0.3 is 0 Å². The lowest BCUT2D eigenvalue weighted by molar-refractivity contribution is -0.385. The normalized spacial score (nSPS) is 11.2. The Morgan fingerprint density at radius 3 is 2.63 bits per heavy atom. The van der Waals surface area contributed by atoms with E-state index >= 15 is 0 Å². The van der Waals surface area contributed by atoms with Crippen molar-refractivity contribution in [3.8, 4) is 16.9 Å². The first-order chi connectivity index (χ1) is 14.5. The molecule has 0 amide bonds. The fraction of sp³-hybridized carbons (Fsp3) is 0.0476. The number of pyridine rings is 1. The first-order valence-electron chi connectivity index (χ1n) is 9.10. The van der Waals surface area contributed by atoms with Crippen molar-refractivity contribution in [3.05, 3.63) is 93.2 Å². The van der Waals surface area contributed by atoms with E-state index < -0.39 is 4.92 Å². The zero-order valence-electron chi connectivity index (χ0n) is 15.8. The number of hydrogen-bond acceptors (Lipinski definition) is 6. The molecule has 146 valence electrons. The molecule has 3 aromatic heterocycles. The highest BCUT2D eigenvalue weighted by atomic mass is 16.6. The molecule has 0 unspecified atom stereocenters. The number of aromatic nitrogens is 5. The smallest absolute Gasteiger partial charge is 0.274 e. The molecule has 5 aromatic rings. The van der Waals surface area contributed by atoms with Gasteiger partial charge in [0.15, 0.2) is 0 Å². The summed E-state index contributed by atoms with van der Waals surface area (Å²) in [5.41, 5.74) is 2.34. The van der Waals surface area contributed by atoms with Gasteiger partial charge in [0.2, 0.25) is 0 Å². The molecule has 30 heavy (non-hydrogen) atoms. The topological polar surface area (TPSA) is 108 Å². The van der Waals surface area contributed by atoms with E-state index in [0.717, 1.165) is 5.56 Å². The lowest BCUT2D eigenvalue weighted by Crippen LogP contribution is -2.20. The highest BCUT2D eigenvalue weighted by Crippen LogP contribution is 2.27. The lowest BCUT2D eigenvalue weighted by Gasteiger charge is -2.12. The average Bonchev–Trinajstić information content (AvgIpc) is 3.22. The van der Waals surface area contributed by atoms with E-state index in [4.69, 9.17) is 0 Å². The number of fused-ring (bicyclic) bond motifs is 2. The largest absolute Gasteiger partial charge is 0.283 e. The van der Waals surface area contributed by atoms with Crippen molar-refractivity contribution in [1.82, 2.24) is 24.1 Å². The Morgan fingerprint density at radius 1 is 1.07 bits per heavy atom. The Bertz CT molecular complexity index is 1500. The second-order valence-corrected chi connectivity index (χ2v) is 6.78. The summed E-state index contributed by atoms with van der Waals surface area (Å²) in [4.78, 5) is 33.0. The van der Waals surface area contributed by atoms with Gasteiger partial charge in [0, 0.05) is 23.4 Å². The predicted molar refractivity (Wildman–Crippen MR) is 111 cm³/mol. The summed E-state index contributed by atoms with van der Waals surface area (Å²) in [5.74, 6) is 0.379. The second-order valence-electron chi connectivity index (χ2n) is 6.78. The fourth-order valence-electron chi connectivity index (χ4n) is 3.54. The van der Waals surface area contributed by atoms with Crippen molar-refractivity contribution in [2.45, 2.75) is 6.92 Å². The van der Waals surface area contributed by atoms with Crippen LogP contribution in [0, 0.1) is 17.0 Å². The summed E-state index contributed by atoms with van der Waals surface area (Å²) in [7, 11) is 0. The van der Waals surface area contributed by atoms with Crippen LogP contribution < -0.4 is 5.56 Å². The van der Waals surface area contributed by atoms with Crippen molar-refractivity contribution < 1.29 is 4.92 Å². The molecule has 5 rings (SSSR count). The number of nitro groups is 1. The third-order valence-electron chi connectivity index (χ3n) is 4.98. The molecule has 0 atom stereocenters. The van der Waals surface area contributed by atoms with Crippen molar-refractivity contribution in [2.75, 3.05) is 0 Å². The van der Waals surface area contributed by atoms with E-state index in [-0.39, 0.29) is 11.2 Å². The van der Waals surface area contributed by atoms with Gasteiger partial charge in [-0.05, 0) is 19.1 Å². The molecule has 2 aromatic carbocycles. The quantitative estimate of drug-likeness (QED) is 0.341. The maximum atomic E-state index is 13.5. The molecule has 0 aliphatic rings. The first kappa shape index (κ1) is 17.7. The van der Waals surface area contributed by atoms with Crippen molar-refractivity contribution in [3.63, 3.8) is 0 Å². The van der Waals surface area contributed by atoms with Crippen LogP contribution in [0.3, 0.4) is 0 Å². The molecule has 0 bridgehead atoms. The molecule has 9 nitrogen and oxygen atoms in total. The van der Waals surface area contributed by atoms with Gasteiger partial charge in [-0.3, -0.25) is 19.5 Å². The molecular weight excluding hydrogens is 384 g/mol. The van der Waals surface area contributed by atoms with Crippen LogP contribution >= 0.6 is 0 Å². The van der Waals surface area contributed by atoms with E-state index in [1.54, 1.807) is 31.3 Å². The average molecular weight is 398 g/mol. The number of hydrogen-bond donors (Lipinski definition) is 0. The molecule has 3 heterocycles. The zero-order valence-corrected chi connectivity index (χ0v) is 15.8. The third kappa shape index (κ3) is 2.64. The van der Waals surface area contributed by atoms with E-state index in [9.17, 15) is 14.9 Å². The summed E-state index contributed by atoms with van der Waals surface area (Å²) in [5, 5.41) is 15.9. The standard InChI is InChI=1S/C21H14N6O3/c1-13-7-8-15(11-17(13)27(29)30)25-10-9-16-18(20(25)28)19(14-5-3-2-4-6-14)26-21(24-16)22-12-23-26/h2-12H,1H3. The van der Waals surface area contributed by atoms with E-state index in [1.165, 1.54) is 21.5 Å². The molecule has 0 aliphatic heterocycles. The minimum atomic E-state index is -0.458. The number of aryl methyl sites for hydroxylation is 1. The van der Waals surface area contributed by atoms with Gasteiger partial charge in [-0.1, -0.05) is 36.4 Å². The maximum absolute atomic E-state index is 13.5. The Morgan fingerprint density at radius 2 is 1.87 bits per heavy atom. The van der Waals surface area contributed by atoms with Crippen LogP contribution in [0.25, 0.3) is 33.6 Å². The number of nitrogens with zero attached hydrogens (tertiary/aromatic N) is 6. The van der Waals surface area contributed by atoms with E-state index in [1.807, 2.05) is 30.3 Å². The van der Waals surface area contributed by atoms with Crippen molar-refractivity contribution in [2.24, 2.45) is 0 Å². The molecule has 0 radical (unpaired) electrons. The minimum Gasteiger partial charge on any atom is -0.283 e. The van der Waals surface area contributed by atoms with Gasteiger partial charge in [0.1, 0.15) is 6.33 Å². The Balaban J connectivity index is 1.88. The fourth-order valence-corrected chi connectivity index (χ4v) is 3.54. The van der Waals surface area contributed by atoms with E-state index in [0.29, 0.717) is 33.6 Å². The summed E-state index contributed by atoms with van der Waals surface area (Å²) < 4.78 is 2.91. The van der Waals surface area contributed by atoms with Gasteiger partial charge in [-0.15, -0.1) is 0 Å². The summed E-state index contributed by atoms with van der Waals surface area (Å²) in [6.07, 6.45) is 2.95. The van der Waals surface area contributed by atoms with Crippen molar-refractivity contribution >= 4 is 22.4 Å².